The Labute approximate surface area is 146 Å². The molecule has 1 aliphatic heterocycles. The summed E-state index contributed by atoms with van der Waals surface area (Å²) >= 11 is 0. The maximum absolute atomic E-state index is 12.8. The third kappa shape index (κ3) is 3.20. The fourth-order valence-electron chi connectivity index (χ4n) is 3.73. The number of rotatable bonds is 4. The van der Waals surface area contributed by atoms with E-state index in [9.17, 15) is 9.59 Å². The van der Waals surface area contributed by atoms with Gasteiger partial charge in [-0.15, -0.1) is 0 Å². The zero-order valence-electron chi connectivity index (χ0n) is 13.9. The number of hydrogen-bond acceptors (Lipinski definition) is 4. The summed E-state index contributed by atoms with van der Waals surface area (Å²) in [6, 6.07) is 9.37. The monoisotopic (exact) mass is 336 g/mol. The fourth-order valence-corrected chi connectivity index (χ4v) is 3.73. The van der Waals surface area contributed by atoms with Crippen LogP contribution in [-0.2, 0) is 17.6 Å². The summed E-state index contributed by atoms with van der Waals surface area (Å²) in [6.45, 7) is 1.16. The molecular weight excluding hydrogens is 316 g/mol. The van der Waals surface area contributed by atoms with Crippen LogP contribution in [0.25, 0.3) is 0 Å². The van der Waals surface area contributed by atoms with Crippen molar-refractivity contribution in [3.05, 3.63) is 65.0 Å². The van der Waals surface area contributed by atoms with Crippen LogP contribution in [0.4, 0.5) is 0 Å². The molecule has 0 spiro atoms. The van der Waals surface area contributed by atoms with E-state index in [1.54, 1.807) is 24.5 Å². The lowest BCUT2D eigenvalue weighted by atomic mass is 9.94. The Morgan fingerprint density at radius 2 is 2.00 bits per heavy atom. The second-order valence-corrected chi connectivity index (χ2v) is 6.69. The second kappa shape index (κ2) is 6.76. The number of ketones is 1. The number of amides is 1. The van der Waals surface area contributed by atoms with Gasteiger partial charge in [0.25, 0.3) is 5.91 Å². The smallest absolute Gasteiger partial charge is 0.251 e. The van der Waals surface area contributed by atoms with Crippen LogP contribution in [0, 0.1) is 5.92 Å². The van der Waals surface area contributed by atoms with Crippen molar-refractivity contribution < 1.29 is 14.3 Å². The number of carbonyl (C=O) groups excluding carboxylic acids is 2. The Kier molecular flexibility index (Phi) is 4.32. The molecule has 2 atom stereocenters. The number of nitrogens with one attached hydrogen (secondary N) is 1. The van der Waals surface area contributed by atoms with Gasteiger partial charge in [-0.1, -0.05) is 12.1 Å². The van der Waals surface area contributed by atoms with E-state index in [0.717, 1.165) is 12.0 Å². The first-order valence-corrected chi connectivity index (χ1v) is 8.65. The summed E-state index contributed by atoms with van der Waals surface area (Å²) in [4.78, 5) is 28.7. The molecule has 0 bridgehead atoms. The molecule has 5 nitrogen and oxygen atoms in total. The van der Waals surface area contributed by atoms with Gasteiger partial charge in [0.1, 0.15) is 0 Å². The minimum absolute atomic E-state index is 0.0198. The molecule has 2 aliphatic rings. The van der Waals surface area contributed by atoms with E-state index in [4.69, 9.17) is 4.74 Å². The zero-order chi connectivity index (χ0) is 17.2. The van der Waals surface area contributed by atoms with Gasteiger partial charge in [-0.3, -0.25) is 14.6 Å². The third-order valence-corrected chi connectivity index (χ3v) is 5.09. The number of benzene rings is 1. The Morgan fingerprint density at radius 3 is 2.84 bits per heavy atom. The molecule has 1 saturated heterocycles. The van der Waals surface area contributed by atoms with Crippen molar-refractivity contribution in [2.45, 2.75) is 25.3 Å². The number of Topliss-reactive ketones (excluding diaryl/α,β-unsaturated/α-hetero) is 1. The van der Waals surface area contributed by atoms with Gasteiger partial charge in [0, 0.05) is 35.9 Å². The molecule has 0 radical (unpaired) electrons. The van der Waals surface area contributed by atoms with Crippen molar-refractivity contribution in [3.63, 3.8) is 0 Å². The zero-order valence-corrected chi connectivity index (χ0v) is 13.9. The maximum Gasteiger partial charge on any atom is 0.251 e. The molecule has 4 rings (SSSR count). The van der Waals surface area contributed by atoms with E-state index in [1.165, 1.54) is 5.56 Å². The highest BCUT2D eigenvalue weighted by atomic mass is 16.5. The van der Waals surface area contributed by atoms with Gasteiger partial charge in [0.2, 0.25) is 0 Å². The number of fused-ring (bicyclic) bond motifs is 1. The summed E-state index contributed by atoms with van der Waals surface area (Å²) in [6.07, 6.45) is 5.56. The van der Waals surface area contributed by atoms with E-state index in [-0.39, 0.29) is 23.7 Å². The van der Waals surface area contributed by atoms with Crippen molar-refractivity contribution in [2.75, 3.05) is 13.2 Å². The number of ether oxygens (including phenoxy) is 1. The van der Waals surface area contributed by atoms with E-state index >= 15 is 0 Å². The fraction of sp³-hybridized carbons (Fsp3) is 0.350. The molecule has 5 heteroatoms. The van der Waals surface area contributed by atoms with Gasteiger partial charge in [0.15, 0.2) is 5.78 Å². The molecule has 1 N–H and O–H groups in total. The lowest BCUT2D eigenvalue weighted by Crippen LogP contribution is -2.41. The van der Waals surface area contributed by atoms with Crippen molar-refractivity contribution in [3.8, 4) is 0 Å². The van der Waals surface area contributed by atoms with Crippen LogP contribution in [0.3, 0.4) is 0 Å². The van der Waals surface area contributed by atoms with Gasteiger partial charge in [-0.05, 0) is 42.2 Å². The predicted octanol–water partition coefficient (Wildman–Crippen LogP) is 2.20. The summed E-state index contributed by atoms with van der Waals surface area (Å²) in [5, 5.41) is 3.12. The molecule has 2 aromatic rings. The number of carbonyl (C=O) groups is 2. The van der Waals surface area contributed by atoms with Crippen LogP contribution < -0.4 is 5.32 Å². The van der Waals surface area contributed by atoms with Crippen molar-refractivity contribution >= 4 is 11.7 Å². The normalized spacial score (nSPS) is 22.0. The molecule has 1 aliphatic carbocycles. The van der Waals surface area contributed by atoms with Crippen molar-refractivity contribution in [2.24, 2.45) is 5.92 Å². The van der Waals surface area contributed by atoms with Gasteiger partial charge >= 0.3 is 0 Å². The van der Waals surface area contributed by atoms with E-state index in [0.29, 0.717) is 37.2 Å². The Morgan fingerprint density at radius 1 is 1.16 bits per heavy atom. The number of aromatic nitrogens is 1. The Balaban J connectivity index is 1.48. The van der Waals surface area contributed by atoms with Crippen LogP contribution in [0.5, 0.6) is 0 Å². The standard InChI is InChI=1S/C20H20N2O3/c23-19-5-4-15-16(19)2-1-3-17(15)20(24)22-18-12-25-11-14(18)10-13-6-8-21-9-7-13/h1-3,6-9,14,18H,4-5,10-12H2,(H,22,24)/t14-,18-/m1/s1. The highest BCUT2D eigenvalue weighted by Crippen LogP contribution is 2.26. The number of hydrogen-bond donors (Lipinski definition) is 1. The Hall–Kier alpha value is -2.53. The second-order valence-electron chi connectivity index (χ2n) is 6.69. The summed E-state index contributed by atoms with van der Waals surface area (Å²) in [5.41, 5.74) is 3.40. The SMILES string of the molecule is O=C1CCc2c1cccc2C(=O)N[C@@H]1COC[C@H]1Cc1ccncc1. The molecule has 128 valence electrons. The molecule has 25 heavy (non-hydrogen) atoms. The van der Waals surface area contributed by atoms with Crippen molar-refractivity contribution in [1.29, 1.82) is 0 Å². The summed E-state index contributed by atoms with van der Waals surface area (Å²) < 4.78 is 5.60. The maximum atomic E-state index is 12.8. The topological polar surface area (TPSA) is 68.3 Å². The molecule has 1 aromatic heterocycles. The lowest BCUT2D eigenvalue weighted by molar-refractivity contribution is 0.0923. The molecule has 2 heterocycles. The van der Waals surface area contributed by atoms with Crippen molar-refractivity contribution in [1.82, 2.24) is 10.3 Å². The molecule has 0 saturated carbocycles. The molecule has 0 unspecified atom stereocenters. The quantitative estimate of drug-likeness (QED) is 0.929. The number of pyridine rings is 1. The van der Waals surface area contributed by atoms with Gasteiger partial charge < -0.3 is 10.1 Å². The average Bonchev–Trinajstić information content (AvgIpc) is 3.23. The van der Waals surface area contributed by atoms with E-state index in [1.807, 2.05) is 18.2 Å². The summed E-state index contributed by atoms with van der Waals surface area (Å²) in [7, 11) is 0. The molecule has 1 amide bonds. The van der Waals surface area contributed by atoms with Gasteiger partial charge in [-0.2, -0.15) is 0 Å². The van der Waals surface area contributed by atoms with E-state index < -0.39 is 0 Å². The highest BCUT2D eigenvalue weighted by molar-refractivity contribution is 6.05. The van der Waals surface area contributed by atoms with Crippen LogP contribution in [0.2, 0.25) is 0 Å². The average molecular weight is 336 g/mol. The molecule has 1 aromatic carbocycles. The van der Waals surface area contributed by atoms with Crippen LogP contribution in [-0.4, -0.2) is 35.9 Å². The van der Waals surface area contributed by atoms with E-state index in [2.05, 4.69) is 10.3 Å². The molecular formula is C20H20N2O3. The third-order valence-electron chi connectivity index (χ3n) is 5.09. The first kappa shape index (κ1) is 16.0. The van der Waals surface area contributed by atoms with Crippen LogP contribution in [0.15, 0.2) is 42.7 Å². The predicted molar refractivity (Wildman–Crippen MR) is 92.6 cm³/mol. The Bertz CT molecular complexity index is 804. The van der Waals surface area contributed by atoms with Crippen LogP contribution >= 0.6 is 0 Å². The lowest BCUT2D eigenvalue weighted by Gasteiger charge is -2.20. The molecule has 1 fully saturated rings. The number of nitrogens with zero attached hydrogens (tertiary/aromatic N) is 1. The first-order valence-electron chi connectivity index (χ1n) is 8.65. The first-order chi connectivity index (χ1) is 12.2. The minimum Gasteiger partial charge on any atom is -0.379 e. The van der Waals surface area contributed by atoms with Gasteiger partial charge in [-0.25, -0.2) is 0 Å². The van der Waals surface area contributed by atoms with Crippen LogP contribution in [0.1, 0.15) is 38.3 Å². The highest BCUT2D eigenvalue weighted by Gasteiger charge is 2.31. The summed E-state index contributed by atoms with van der Waals surface area (Å²) in [5.74, 6) is 0.260. The largest absolute Gasteiger partial charge is 0.379 e. The minimum atomic E-state index is -0.109. The van der Waals surface area contributed by atoms with Gasteiger partial charge in [0.05, 0.1) is 19.3 Å².